The van der Waals surface area contributed by atoms with Crippen LogP contribution in [0.25, 0.3) is 34.3 Å². The lowest BCUT2D eigenvalue weighted by Crippen LogP contribution is -1.87. The Morgan fingerprint density at radius 1 is 0.963 bits per heavy atom. The van der Waals surface area contributed by atoms with Gasteiger partial charge in [0.25, 0.3) is 5.69 Å². The molecule has 0 saturated carbocycles. The second-order valence-electron chi connectivity index (χ2n) is 6.07. The van der Waals surface area contributed by atoms with Gasteiger partial charge in [0, 0.05) is 23.1 Å². The van der Waals surface area contributed by atoms with E-state index in [1.54, 1.807) is 18.2 Å². The lowest BCUT2D eigenvalue weighted by atomic mass is 10.0. The van der Waals surface area contributed by atoms with Crippen molar-refractivity contribution in [1.29, 1.82) is 0 Å². The molecule has 0 fully saturated rings. The van der Waals surface area contributed by atoms with Crippen LogP contribution in [0, 0.1) is 15.9 Å². The number of H-pyrrole nitrogens is 1. The standard InChI is InChI=1S/C21H14FN3O2/c22-17-9-7-16(8-10-17)21-19-13-15(6-11-20(19)23-24-21)5-4-14-2-1-3-18(12-14)25(26)27/h1-13H,(H,23,24). The van der Waals surface area contributed by atoms with Gasteiger partial charge in [0.15, 0.2) is 0 Å². The molecule has 0 aliphatic rings. The van der Waals surface area contributed by atoms with Gasteiger partial charge in [0.2, 0.25) is 0 Å². The molecule has 1 heterocycles. The van der Waals surface area contributed by atoms with Crippen LogP contribution in [0.2, 0.25) is 0 Å². The summed E-state index contributed by atoms with van der Waals surface area (Å²) in [4.78, 5) is 10.5. The molecule has 0 atom stereocenters. The molecule has 0 unspecified atom stereocenters. The van der Waals surface area contributed by atoms with Gasteiger partial charge in [-0.1, -0.05) is 30.4 Å². The Balaban J connectivity index is 1.69. The van der Waals surface area contributed by atoms with E-state index in [-0.39, 0.29) is 11.5 Å². The Labute approximate surface area is 153 Å². The Hall–Kier alpha value is -3.80. The molecule has 0 amide bonds. The first-order valence-corrected chi connectivity index (χ1v) is 8.27. The Kier molecular flexibility index (Phi) is 4.22. The fraction of sp³-hybridized carbons (Fsp3) is 0. The molecule has 1 N–H and O–H groups in total. The monoisotopic (exact) mass is 359 g/mol. The molecule has 1 aromatic heterocycles. The molecule has 4 rings (SSSR count). The molecule has 0 aliphatic carbocycles. The van der Waals surface area contributed by atoms with E-state index >= 15 is 0 Å². The lowest BCUT2D eigenvalue weighted by Gasteiger charge is -2.00. The van der Waals surface area contributed by atoms with Gasteiger partial charge < -0.3 is 0 Å². The molecule has 0 saturated heterocycles. The summed E-state index contributed by atoms with van der Waals surface area (Å²) in [5.74, 6) is -0.292. The highest BCUT2D eigenvalue weighted by molar-refractivity contribution is 5.94. The second kappa shape index (κ2) is 6.84. The summed E-state index contributed by atoms with van der Waals surface area (Å²) >= 11 is 0. The number of benzene rings is 3. The highest BCUT2D eigenvalue weighted by Gasteiger charge is 2.09. The third-order valence-electron chi connectivity index (χ3n) is 4.25. The second-order valence-corrected chi connectivity index (χ2v) is 6.07. The zero-order valence-corrected chi connectivity index (χ0v) is 14.1. The largest absolute Gasteiger partial charge is 0.277 e. The van der Waals surface area contributed by atoms with Gasteiger partial charge in [-0.15, -0.1) is 0 Å². The van der Waals surface area contributed by atoms with E-state index < -0.39 is 4.92 Å². The summed E-state index contributed by atoms with van der Waals surface area (Å²) in [5, 5.41) is 19.1. The number of hydrogen-bond acceptors (Lipinski definition) is 3. The van der Waals surface area contributed by atoms with Crippen LogP contribution >= 0.6 is 0 Å². The molecular formula is C21H14FN3O2. The average Bonchev–Trinajstić information content (AvgIpc) is 3.10. The number of rotatable bonds is 4. The molecule has 0 spiro atoms. The SMILES string of the molecule is O=[N+]([O-])c1cccc(C=Cc2ccc3[nH]nc(-c4ccc(F)cc4)c3c2)c1. The van der Waals surface area contributed by atoms with Crippen LogP contribution in [-0.4, -0.2) is 15.1 Å². The molecule has 6 heteroatoms. The van der Waals surface area contributed by atoms with Crippen molar-refractivity contribution in [2.75, 3.05) is 0 Å². The molecule has 5 nitrogen and oxygen atoms in total. The van der Waals surface area contributed by atoms with Gasteiger partial charge in [-0.25, -0.2) is 4.39 Å². The number of fused-ring (bicyclic) bond motifs is 1. The quantitative estimate of drug-likeness (QED) is 0.299. The van der Waals surface area contributed by atoms with E-state index in [0.717, 1.165) is 33.3 Å². The van der Waals surface area contributed by atoms with Crippen molar-refractivity contribution in [3.05, 3.63) is 93.8 Å². The van der Waals surface area contributed by atoms with Gasteiger partial charge in [0.1, 0.15) is 5.82 Å². The van der Waals surface area contributed by atoms with Crippen LogP contribution in [0.5, 0.6) is 0 Å². The van der Waals surface area contributed by atoms with Crippen molar-refractivity contribution in [2.45, 2.75) is 0 Å². The number of aromatic nitrogens is 2. The van der Waals surface area contributed by atoms with Crippen molar-refractivity contribution in [3.8, 4) is 11.3 Å². The third-order valence-corrected chi connectivity index (χ3v) is 4.25. The summed E-state index contributed by atoms with van der Waals surface area (Å²) in [5.41, 5.74) is 4.18. The minimum absolute atomic E-state index is 0.0565. The first-order chi connectivity index (χ1) is 13.1. The van der Waals surface area contributed by atoms with E-state index in [1.165, 1.54) is 24.3 Å². The topological polar surface area (TPSA) is 71.8 Å². The Morgan fingerprint density at radius 3 is 2.44 bits per heavy atom. The van der Waals surface area contributed by atoms with Gasteiger partial charge in [-0.2, -0.15) is 5.10 Å². The summed E-state index contributed by atoms with van der Waals surface area (Å²) in [7, 11) is 0. The fourth-order valence-corrected chi connectivity index (χ4v) is 2.90. The Morgan fingerprint density at radius 2 is 1.70 bits per heavy atom. The fourth-order valence-electron chi connectivity index (χ4n) is 2.90. The molecule has 27 heavy (non-hydrogen) atoms. The first-order valence-electron chi connectivity index (χ1n) is 8.27. The zero-order valence-electron chi connectivity index (χ0n) is 14.1. The van der Waals surface area contributed by atoms with Crippen molar-refractivity contribution in [1.82, 2.24) is 10.2 Å². The van der Waals surface area contributed by atoms with Gasteiger partial charge in [0.05, 0.1) is 16.1 Å². The van der Waals surface area contributed by atoms with Crippen LogP contribution in [0.1, 0.15) is 11.1 Å². The van der Waals surface area contributed by atoms with Crippen molar-refractivity contribution < 1.29 is 9.31 Å². The highest BCUT2D eigenvalue weighted by atomic mass is 19.1. The van der Waals surface area contributed by atoms with E-state index in [4.69, 9.17) is 0 Å². The van der Waals surface area contributed by atoms with Crippen LogP contribution in [-0.2, 0) is 0 Å². The number of nitrogens with one attached hydrogen (secondary N) is 1. The average molecular weight is 359 g/mol. The first kappa shape index (κ1) is 16.7. The van der Waals surface area contributed by atoms with E-state index in [9.17, 15) is 14.5 Å². The van der Waals surface area contributed by atoms with Gasteiger partial charge in [-0.05, 0) is 47.5 Å². The number of aromatic amines is 1. The molecule has 3 aromatic carbocycles. The third kappa shape index (κ3) is 3.46. The minimum atomic E-state index is -0.413. The molecule has 0 bridgehead atoms. The molecule has 4 aromatic rings. The van der Waals surface area contributed by atoms with Crippen molar-refractivity contribution in [2.24, 2.45) is 0 Å². The maximum Gasteiger partial charge on any atom is 0.270 e. The molecule has 0 aliphatic heterocycles. The van der Waals surface area contributed by atoms with Crippen LogP contribution in [0.15, 0.2) is 66.7 Å². The highest BCUT2D eigenvalue weighted by Crippen LogP contribution is 2.28. The van der Waals surface area contributed by atoms with Crippen molar-refractivity contribution in [3.63, 3.8) is 0 Å². The summed E-state index contributed by atoms with van der Waals surface area (Å²) in [6.45, 7) is 0. The summed E-state index contributed by atoms with van der Waals surface area (Å²) < 4.78 is 13.2. The molecule has 0 radical (unpaired) electrons. The molecule has 132 valence electrons. The predicted molar refractivity (Wildman–Crippen MR) is 104 cm³/mol. The maximum atomic E-state index is 13.2. The van der Waals surface area contributed by atoms with Crippen LogP contribution in [0.4, 0.5) is 10.1 Å². The minimum Gasteiger partial charge on any atom is -0.277 e. The Bertz CT molecular complexity index is 1160. The number of non-ortho nitro benzene ring substituents is 1. The number of halogens is 1. The molecular weight excluding hydrogens is 345 g/mol. The maximum absolute atomic E-state index is 13.2. The zero-order chi connectivity index (χ0) is 18.8. The van der Waals surface area contributed by atoms with Crippen LogP contribution < -0.4 is 0 Å². The van der Waals surface area contributed by atoms with E-state index in [1.807, 2.05) is 36.4 Å². The van der Waals surface area contributed by atoms with Gasteiger partial charge >= 0.3 is 0 Å². The van der Waals surface area contributed by atoms with Gasteiger partial charge in [-0.3, -0.25) is 15.2 Å². The number of nitro benzene ring substituents is 1. The predicted octanol–water partition coefficient (Wildman–Crippen LogP) is 5.45. The lowest BCUT2D eigenvalue weighted by molar-refractivity contribution is -0.384. The normalized spacial score (nSPS) is 11.3. The summed E-state index contributed by atoms with van der Waals surface area (Å²) in [6.07, 6.45) is 3.71. The number of hydrogen-bond donors (Lipinski definition) is 1. The van der Waals surface area contributed by atoms with Crippen LogP contribution in [0.3, 0.4) is 0 Å². The van der Waals surface area contributed by atoms with E-state index in [0.29, 0.717) is 0 Å². The van der Waals surface area contributed by atoms with E-state index in [2.05, 4.69) is 10.2 Å². The number of nitrogens with zero attached hydrogens (tertiary/aromatic N) is 2. The smallest absolute Gasteiger partial charge is 0.270 e. The van der Waals surface area contributed by atoms with Crippen molar-refractivity contribution >= 4 is 28.7 Å². The number of nitro groups is 1. The summed E-state index contributed by atoms with van der Waals surface area (Å²) in [6, 6.07) is 18.5.